The van der Waals surface area contributed by atoms with Gasteiger partial charge in [0.25, 0.3) is 0 Å². The van der Waals surface area contributed by atoms with E-state index in [2.05, 4.69) is 30.7 Å². The minimum absolute atomic E-state index is 0.295. The Labute approximate surface area is 105 Å². The lowest BCUT2D eigenvalue weighted by Gasteiger charge is -2.38. The van der Waals surface area contributed by atoms with E-state index in [1.807, 2.05) is 0 Å². The van der Waals surface area contributed by atoms with Gasteiger partial charge in [0, 0.05) is 38.6 Å². The van der Waals surface area contributed by atoms with Crippen molar-refractivity contribution in [3.63, 3.8) is 0 Å². The van der Waals surface area contributed by atoms with Gasteiger partial charge in [-0.05, 0) is 25.8 Å². The standard InChI is InChI=1S/C13H26N2O2/c1-11(2)10-12(4-5-13(16)17)15-8-6-14(3)7-9-15/h11-12H,4-10H2,1-3H3,(H,16,17). The van der Waals surface area contributed by atoms with Gasteiger partial charge < -0.3 is 10.0 Å². The molecule has 1 rings (SSSR count). The Morgan fingerprint density at radius 1 is 1.24 bits per heavy atom. The fourth-order valence-corrected chi connectivity index (χ4v) is 2.47. The van der Waals surface area contributed by atoms with Crippen LogP contribution in [0, 0.1) is 5.92 Å². The molecule has 1 aliphatic heterocycles. The van der Waals surface area contributed by atoms with Gasteiger partial charge in [0.2, 0.25) is 0 Å². The van der Waals surface area contributed by atoms with Crippen molar-refractivity contribution in [2.24, 2.45) is 5.92 Å². The maximum absolute atomic E-state index is 10.7. The van der Waals surface area contributed by atoms with Crippen LogP contribution in [0.25, 0.3) is 0 Å². The van der Waals surface area contributed by atoms with E-state index >= 15 is 0 Å². The molecule has 0 spiro atoms. The van der Waals surface area contributed by atoms with Gasteiger partial charge in [-0.3, -0.25) is 9.69 Å². The molecule has 1 saturated heterocycles. The van der Waals surface area contributed by atoms with E-state index in [9.17, 15) is 4.79 Å². The molecule has 1 unspecified atom stereocenters. The maximum Gasteiger partial charge on any atom is 0.303 e. The van der Waals surface area contributed by atoms with Crippen LogP contribution in [0.15, 0.2) is 0 Å². The van der Waals surface area contributed by atoms with E-state index in [0.29, 0.717) is 18.4 Å². The zero-order chi connectivity index (χ0) is 12.8. The molecule has 0 aromatic heterocycles. The fourth-order valence-electron chi connectivity index (χ4n) is 2.47. The quantitative estimate of drug-likeness (QED) is 0.767. The third-order valence-electron chi connectivity index (χ3n) is 3.49. The van der Waals surface area contributed by atoms with Crippen LogP contribution in [0.3, 0.4) is 0 Å². The summed E-state index contributed by atoms with van der Waals surface area (Å²) < 4.78 is 0. The second-order valence-electron chi connectivity index (χ2n) is 5.56. The number of carboxylic acid groups (broad SMARTS) is 1. The van der Waals surface area contributed by atoms with Crippen LogP contribution in [-0.2, 0) is 4.79 Å². The van der Waals surface area contributed by atoms with Crippen molar-refractivity contribution in [1.82, 2.24) is 9.80 Å². The highest BCUT2D eigenvalue weighted by Gasteiger charge is 2.23. The number of rotatable bonds is 6. The van der Waals surface area contributed by atoms with Gasteiger partial charge in [0.05, 0.1) is 0 Å². The molecule has 0 saturated carbocycles. The molecule has 4 heteroatoms. The van der Waals surface area contributed by atoms with Crippen molar-refractivity contribution in [1.29, 1.82) is 0 Å². The number of aliphatic carboxylic acids is 1. The number of hydrogen-bond donors (Lipinski definition) is 1. The lowest BCUT2D eigenvalue weighted by Crippen LogP contribution is -2.49. The average molecular weight is 242 g/mol. The Hall–Kier alpha value is -0.610. The van der Waals surface area contributed by atoms with Crippen LogP contribution in [0.4, 0.5) is 0 Å². The molecule has 0 bridgehead atoms. The van der Waals surface area contributed by atoms with Crippen molar-refractivity contribution >= 4 is 5.97 Å². The van der Waals surface area contributed by atoms with Crippen molar-refractivity contribution in [2.75, 3.05) is 33.2 Å². The molecule has 4 nitrogen and oxygen atoms in total. The molecular formula is C13H26N2O2. The van der Waals surface area contributed by atoms with Crippen LogP contribution < -0.4 is 0 Å². The maximum atomic E-state index is 10.7. The van der Waals surface area contributed by atoms with E-state index < -0.39 is 5.97 Å². The van der Waals surface area contributed by atoms with Crippen molar-refractivity contribution in [3.8, 4) is 0 Å². The first-order valence-electron chi connectivity index (χ1n) is 6.63. The van der Waals surface area contributed by atoms with Crippen LogP contribution in [0.1, 0.15) is 33.1 Å². The second-order valence-corrected chi connectivity index (χ2v) is 5.56. The molecule has 0 aromatic carbocycles. The molecular weight excluding hydrogens is 216 g/mol. The molecule has 0 amide bonds. The highest BCUT2D eigenvalue weighted by Crippen LogP contribution is 2.18. The third-order valence-corrected chi connectivity index (χ3v) is 3.49. The number of piperazine rings is 1. The summed E-state index contributed by atoms with van der Waals surface area (Å²) in [5.41, 5.74) is 0. The first-order valence-corrected chi connectivity index (χ1v) is 6.63. The molecule has 0 aliphatic carbocycles. The van der Waals surface area contributed by atoms with Gasteiger partial charge in [-0.25, -0.2) is 0 Å². The highest BCUT2D eigenvalue weighted by molar-refractivity contribution is 5.66. The van der Waals surface area contributed by atoms with Crippen LogP contribution >= 0.6 is 0 Å². The Bertz CT molecular complexity index is 236. The number of likely N-dealkylation sites (N-methyl/N-ethyl adjacent to an activating group) is 1. The van der Waals surface area contributed by atoms with Crippen molar-refractivity contribution < 1.29 is 9.90 Å². The highest BCUT2D eigenvalue weighted by atomic mass is 16.4. The zero-order valence-corrected chi connectivity index (χ0v) is 11.4. The summed E-state index contributed by atoms with van der Waals surface area (Å²) in [7, 11) is 2.14. The first kappa shape index (κ1) is 14.5. The van der Waals surface area contributed by atoms with E-state index in [0.717, 1.165) is 39.0 Å². The van der Waals surface area contributed by atoms with E-state index in [1.54, 1.807) is 0 Å². The van der Waals surface area contributed by atoms with E-state index in [4.69, 9.17) is 5.11 Å². The van der Waals surface area contributed by atoms with Crippen LogP contribution in [0.2, 0.25) is 0 Å². The zero-order valence-electron chi connectivity index (χ0n) is 11.4. The van der Waals surface area contributed by atoms with Crippen LogP contribution in [-0.4, -0.2) is 60.1 Å². The predicted octanol–water partition coefficient (Wildman–Crippen LogP) is 1.51. The Kier molecular flexibility index (Phi) is 5.92. The molecule has 1 aliphatic rings. The Balaban J connectivity index is 2.46. The van der Waals surface area contributed by atoms with Gasteiger partial charge in [-0.1, -0.05) is 13.8 Å². The first-order chi connectivity index (χ1) is 7.99. The summed E-state index contributed by atoms with van der Waals surface area (Å²) >= 11 is 0. The SMILES string of the molecule is CC(C)CC(CCC(=O)O)N1CCN(C)CC1. The summed E-state index contributed by atoms with van der Waals surface area (Å²) in [6, 6.07) is 0.444. The fraction of sp³-hybridized carbons (Fsp3) is 0.923. The number of carbonyl (C=O) groups is 1. The lowest BCUT2D eigenvalue weighted by molar-refractivity contribution is -0.137. The summed E-state index contributed by atoms with van der Waals surface area (Å²) in [6.07, 6.45) is 2.19. The Morgan fingerprint density at radius 3 is 2.29 bits per heavy atom. The molecule has 0 radical (unpaired) electrons. The van der Waals surface area contributed by atoms with E-state index in [-0.39, 0.29) is 0 Å². The summed E-state index contributed by atoms with van der Waals surface area (Å²) in [4.78, 5) is 15.5. The summed E-state index contributed by atoms with van der Waals surface area (Å²) in [5.74, 6) is -0.0404. The minimum atomic E-state index is -0.673. The molecule has 1 fully saturated rings. The van der Waals surface area contributed by atoms with Gasteiger partial charge >= 0.3 is 5.97 Å². The van der Waals surface area contributed by atoms with Gasteiger partial charge in [-0.2, -0.15) is 0 Å². The van der Waals surface area contributed by atoms with Crippen LogP contribution in [0.5, 0.6) is 0 Å². The number of hydrogen-bond acceptors (Lipinski definition) is 3. The number of nitrogens with zero attached hydrogens (tertiary/aromatic N) is 2. The monoisotopic (exact) mass is 242 g/mol. The van der Waals surface area contributed by atoms with Crippen molar-refractivity contribution in [2.45, 2.75) is 39.2 Å². The van der Waals surface area contributed by atoms with Crippen molar-refractivity contribution in [3.05, 3.63) is 0 Å². The second kappa shape index (κ2) is 6.97. The normalized spacial score (nSPS) is 20.7. The average Bonchev–Trinajstić information content (AvgIpc) is 2.25. The molecule has 1 atom stereocenters. The van der Waals surface area contributed by atoms with E-state index in [1.165, 1.54) is 0 Å². The lowest BCUT2D eigenvalue weighted by atomic mass is 9.97. The van der Waals surface area contributed by atoms with Gasteiger partial charge in [0.15, 0.2) is 0 Å². The third kappa shape index (κ3) is 5.50. The molecule has 100 valence electrons. The smallest absolute Gasteiger partial charge is 0.303 e. The predicted molar refractivity (Wildman–Crippen MR) is 69.2 cm³/mol. The topological polar surface area (TPSA) is 43.8 Å². The summed E-state index contributed by atoms with van der Waals surface area (Å²) in [6.45, 7) is 8.78. The molecule has 1 N–H and O–H groups in total. The number of carboxylic acids is 1. The molecule has 0 aromatic rings. The molecule has 1 heterocycles. The Morgan fingerprint density at radius 2 is 1.82 bits per heavy atom. The summed E-state index contributed by atoms with van der Waals surface area (Å²) in [5, 5.41) is 8.81. The molecule has 17 heavy (non-hydrogen) atoms. The largest absolute Gasteiger partial charge is 0.481 e. The van der Waals surface area contributed by atoms with Gasteiger partial charge in [0.1, 0.15) is 0 Å². The van der Waals surface area contributed by atoms with Gasteiger partial charge in [-0.15, -0.1) is 0 Å². The minimum Gasteiger partial charge on any atom is -0.481 e.